The third kappa shape index (κ3) is 1.96. The maximum Gasteiger partial charge on any atom is 0.340 e. The molecule has 0 bridgehead atoms. The molecule has 0 saturated heterocycles. The SMILES string of the molecule is Nc1c2c(cc(=O)n1-c1c(F)ccc(F)c1C(=O)O)C(=O)NC2=O. The van der Waals surface area contributed by atoms with Gasteiger partial charge in [0.15, 0.2) is 0 Å². The summed E-state index contributed by atoms with van der Waals surface area (Å²) in [7, 11) is 0. The summed E-state index contributed by atoms with van der Waals surface area (Å²) in [5.74, 6) is -6.86. The molecule has 10 heteroatoms. The number of imide groups is 1. The molecular formula is C14H7F2N3O5. The van der Waals surface area contributed by atoms with Gasteiger partial charge in [-0.25, -0.2) is 13.6 Å². The van der Waals surface area contributed by atoms with Gasteiger partial charge < -0.3 is 10.8 Å². The summed E-state index contributed by atoms with van der Waals surface area (Å²) in [5.41, 5.74) is 1.75. The lowest BCUT2D eigenvalue weighted by atomic mass is 10.1. The van der Waals surface area contributed by atoms with Crippen molar-refractivity contribution >= 4 is 23.6 Å². The number of halogens is 2. The first-order chi connectivity index (χ1) is 11.2. The number of nitrogens with two attached hydrogens (primary N) is 1. The van der Waals surface area contributed by atoms with Gasteiger partial charge in [0, 0.05) is 6.07 Å². The third-order valence-corrected chi connectivity index (χ3v) is 3.47. The Bertz CT molecular complexity index is 1010. The number of nitrogens with zero attached hydrogens (tertiary/aromatic N) is 1. The number of hydrogen-bond acceptors (Lipinski definition) is 5. The van der Waals surface area contributed by atoms with Crippen molar-refractivity contribution in [3.8, 4) is 5.69 Å². The molecule has 0 aliphatic carbocycles. The second-order valence-electron chi connectivity index (χ2n) is 4.83. The van der Waals surface area contributed by atoms with Crippen LogP contribution in [0.15, 0.2) is 23.0 Å². The molecule has 4 N–H and O–H groups in total. The molecule has 0 radical (unpaired) electrons. The molecule has 1 aromatic heterocycles. The van der Waals surface area contributed by atoms with Crippen molar-refractivity contribution in [1.82, 2.24) is 9.88 Å². The summed E-state index contributed by atoms with van der Waals surface area (Å²) in [6, 6.07) is 1.89. The Labute approximate surface area is 131 Å². The smallest absolute Gasteiger partial charge is 0.340 e. The van der Waals surface area contributed by atoms with Crippen molar-refractivity contribution in [2.75, 3.05) is 5.73 Å². The molecule has 3 rings (SSSR count). The summed E-state index contributed by atoms with van der Waals surface area (Å²) >= 11 is 0. The van der Waals surface area contributed by atoms with E-state index >= 15 is 0 Å². The van der Waals surface area contributed by atoms with E-state index < -0.39 is 57.6 Å². The molecule has 0 atom stereocenters. The number of fused-ring (bicyclic) bond motifs is 1. The summed E-state index contributed by atoms with van der Waals surface area (Å²) < 4.78 is 28.3. The van der Waals surface area contributed by atoms with E-state index in [1.807, 2.05) is 5.32 Å². The molecule has 2 heterocycles. The number of pyridine rings is 1. The topological polar surface area (TPSA) is 131 Å². The van der Waals surface area contributed by atoms with Gasteiger partial charge in [-0.05, 0) is 12.1 Å². The Morgan fingerprint density at radius 2 is 1.75 bits per heavy atom. The minimum atomic E-state index is -1.84. The highest BCUT2D eigenvalue weighted by atomic mass is 19.1. The molecule has 1 aliphatic heterocycles. The number of benzene rings is 1. The zero-order valence-electron chi connectivity index (χ0n) is 11.6. The normalized spacial score (nSPS) is 12.9. The number of amides is 2. The van der Waals surface area contributed by atoms with E-state index in [0.717, 1.165) is 0 Å². The molecule has 1 aliphatic rings. The van der Waals surface area contributed by atoms with Gasteiger partial charge >= 0.3 is 5.97 Å². The number of hydrogen-bond donors (Lipinski definition) is 3. The molecule has 2 aromatic rings. The van der Waals surface area contributed by atoms with E-state index in [-0.39, 0.29) is 5.56 Å². The van der Waals surface area contributed by atoms with E-state index in [2.05, 4.69) is 0 Å². The van der Waals surface area contributed by atoms with Crippen LogP contribution in [0.1, 0.15) is 31.1 Å². The molecule has 122 valence electrons. The molecular weight excluding hydrogens is 328 g/mol. The van der Waals surface area contributed by atoms with Crippen molar-refractivity contribution in [2.45, 2.75) is 0 Å². The van der Waals surface area contributed by atoms with Crippen LogP contribution in [0.5, 0.6) is 0 Å². The van der Waals surface area contributed by atoms with Crippen LogP contribution in [0.3, 0.4) is 0 Å². The van der Waals surface area contributed by atoms with Crippen LogP contribution in [0, 0.1) is 11.6 Å². The number of aromatic nitrogens is 1. The largest absolute Gasteiger partial charge is 0.478 e. The highest BCUT2D eigenvalue weighted by Crippen LogP contribution is 2.27. The van der Waals surface area contributed by atoms with Gasteiger partial charge in [0.25, 0.3) is 17.4 Å². The molecule has 0 spiro atoms. The number of rotatable bonds is 2. The summed E-state index contributed by atoms with van der Waals surface area (Å²) in [6.07, 6.45) is 0. The van der Waals surface area contributed by atoms with Crippen molar-refractivity contribution in [3.63, 3.8) is 0 Å². The molecule has 0 unspecified atom stereocenters. The Morgan fingerprint density at radius 1 is 1.12 bits per heavy atom. The standard InChI is InChI=1S/C14H7F2N3O5/c15-5-1-2-6(16)10(9(5)14(23)24)19-7(20)3-4-8(11(19)17)13(22)18-12(4)21/h1-3H,17H2,(H,23,24)(H,18,21,22). The number of anilines is 1. The third-order valence-electron chi connectivity index (χ3n) is 3.47. The fourth-order valence-electron chi connectivity index (χ4n) is 2.47. The fourth-order valence-corrected chi connectivity index (χ4v) is 2.47. The average molecular weight is 335 g/mol. The van der Waals surface area contributed by atoms with Crippen LogP contribution < -0.4 is 16.6 Å². The Morgan fingerprint density at radius 3 is 2.38 bits per heavy atom. The van der Waals surface area contributed by atoms with E-state index in [1.54, 1.807) is 0 Å². The Hall–Kier alpha value is -3.56. The lowest BCUT2D eigenvalue weighted by molar-refractivity contribution is 0.0690. The van der Waals surface area contributed by atoms with Gasteiger partial charge in [0.05, 0.1) is 11.1 Å². The number of nitrogen functional groups attached to an aromatic ring is 1. The van der Waals surface area contributed by atoms with Crippen molar-refractivity contribution in [2.24, 2.45) is 0 Å². The fraction of sp³-hybridized carbons (Fsp3) is 0. The summed E-state index contributed by atoms with van der Waals surface area (Å²) in [6.45, 7) is 0. The minimum Gasteiger partial charge on any atom is -0.478 e. The summed E-state index contributed by atoms with van der Waals surface area (Å²) in [5, 5.41) is 11.0. The van der Waals surface area contributed by atoms with Crippen LogP contribution in [0.2, 0.25) is 0 Å². The van der Waals surface area contributed by atoms with E-state index in [9.17, 15) is 28.0 Å². The van der Waals surface area contributed by atoms with Gasteiger partial charge in [0.1, 0.15) is 28.7 Å². The van der Waals surface area contributed by atoms with E-state index in [1.165, 1.54) is 0 Å². The second-order valence-corrected chi connectivity index (χ2v) is 4.83. The van der Waals surface area contributed by atoms with Crippen LogP contribution in [0.4, 0.5) is 14.6 Å². The van der Waals surface area contributed by atoms with Gasteiger partial charge in [-0.1, -0.05) is 0 Å². The predicted octanol–water partition coefficient (Wildman–Crippen LogP) is 0.280. The van der Waals surface area contributed by atoms with Crippen molar-refractivity contribution < 1.29 is 28.3 Å². The zero-order chi connectivity index (χ0) is 17.8. The number of carbonyl (C=O) groups excluding carboxylic acids is 2. The molecule has 24 heavy (non-hydrogen) atoms. The van der Waals surface area contributed by atoms with Crippen LogP contribution in [0.25, 0.3) is 5.69 Å². The number of nitrogens with one attached hydrogen (secondary N) is 1. The van der Waals surface area contributed by atoms with Crippen molar-refractivity contribution in [1.29, 1.82) is 0 Å². The number of carboxylic acid groups (broad SMARTS) is 1. The van der Waals surface area contributed by atoms with Gasteiger partial charge in [-0.15, -0.1) is 0 Å². The van der Waals surface area contributed by atoms with E-state index in [4.69, 9.17) is 10.8 Å². The van der Waals surface area contributed by atoms with Crippen molar-refractivity contribution in [3.05, 3.63) is 56.9 Å². The monoisotopic (exact) mass is 335 g/mol. The van der Waals surface area contributed by atoms with Crippen LogP contribution >= 0.6 is 0 Å². The molecule has 0 fully saturated rings. The number of carbonyl (C=O) groups is 3. The Balaban J connectivity index is 2.47. The Kier molecular flexibility index (Phi) is 3.18. The molecule has 0 saturated carbocycles. The quantitative estimate of drug-likeness (QED) is 0.676. The maximum absolute atomic E-state index is 14.1. The van der Waals surface area contributed by atoms with Gasteiger partial charge in [-0.2, -0.15) is 0 Å². The van der Waals surface area contributed by atoms with Gasteiger partial charge in [-0.3, -0.25) is 24.3 Å². The highest BCUT2D eigenvalue weighted by Gasteiger charge is 2.33. The predicted molar refractivity (Wildman–Crippen MR) is 75.1 cm³/mol. The van der Waals surface area contributed by atoms with E-state index in [0.29, 0.717) is 22.8 Å². The first kappa shape index (κ1) is 15.3. The molecule has 2 amide bonds. The first-order valence-electron chi connectivity index (χ1n) is 6.37. The lowest BCUT2D eigenvalue weighted by Crippen LogP contribution is -2.27. The summed E-state index contributed by atoms with van der Waals surface area (Å²) in [4.78, 5) is 46.8. The maximum atomic E-state index is 14.1. The minimum absolute atomic E-state index is 0.326. The highest BCUT2D eigenvalue weighted by molar-refractivity contribution is 6.23. The van der Waals surface area contributed by atoms with Crippen LogP contribution in [-0.4, -0.2) is 27.5 Å². The molecule has 1 aromatic carbocycles. The van der Waals surface area contributed by atoms with Crippen LogP contribution in [-0.2, 0) is 0 Å². The number of aromatic carboxylic acids is 1. The lowest BCUT2D eigenvalue weighted by Gasteiger charge is -2.15. The first-order valence-corrected chi connectivity index (χ1v) is 6.37. The zero-order valence-corrected chi connectivity index (χ0v) is 11.6. The second kappa shape index (κ2) is 4.98. The average Bonchev–Trinajstić information content (AvgIpc) is 2.76. The number of carboxylic acids is 1. The van der Waals surface area contributed by atoms with Gasteiger partial charge in [0.2, 0.25) is 0 Å². The molecule has 8 nitrogen and oxygen atoms in total.